The smallest absolute Gasteiger partial charge is 0.251 e. The number of imidazole rings is 1. The molecule has 0 spiro atoms. The van der Waals surface area contributed by atoms with Crippen LogP contribution in [0.5, 0.6) is 0 Å². The summed E-state index contributed by atoms with van der Waals surface area (Å²) >= 11 is 2.21. The van der Waals surface area contributed by atoms with Crippen molar-refractivity contribution in [2.75, 3.05) is 0 Å². The highest BCUT2D eigenvalue weighted by Crippen LogP contribution is 2.13. The molecule has 5 heteroatoms. The second kappa shape index (κ2) is 5.99. The zero-order valence-corrected chi connectivity index (χ0v) is 12.1. The minimum Gasteiger partial charge on any atom is -0.347 e. The van der Waals surface area contributed by atoms with Gasteiger partial charge in [0, 0.05) is 21.5 Å². The molecule has 1 unspecified atom stereocenters. The molecular weight excluding hydrogens is 341 g/mol. The third-order valence-corrected chi connectivity index (χ3v) is 3.39. The van der Waals surface area contributed by atoms with Crippen molar-refractivity contribution in [2.24, 2.45) is 0 Å². The van der Waals surface area contributed by atoms with E-state index in [2.05, 4.69) is 37.9 Å². The van der Waals surface area contributed by atoms with Gasteiger partial charge in [-0.1, -0.05) is 6.92 Å². The monoisotopic (exact) mass is 355 g/mol. The van der Waals surface area contributed by atoms with E-state index in [4.69, 9.17) is 0 Å². The van der Waals surface area contributed by atoms with Gasteiger partial charge in [-0.2, -0.15) is 0 Å². The summed E-state index contributed by atoms with van der Waals surface area (Å²) in [4.78, 5) is 19.3. The zero-order chi connectivity index (χ0) is 13.0. The molecule has 0 bridgehead atoms. The lowest BCUT2D eigenvalue weighted by atomic mass is 10.1. The average Bonchev–Trinajstić information content (AvgIpc) is 2.90. The van der Waals surface area contributed by atoms with Crippen LogP contribution in [0.3, 0.4) is 0 Å². The van der Waals surface area contributed by atoms with Crippen molar-refractivity contribution in [3.63, 3.8) is 0 Å². The average molecular weight is 355 g/mol. The summed E-state index contributed by atoms with van der Waals surface area (Å²) in [6.45, 7) is 2.02. The van der Waals surface area contributed by atoms with Crippen LogP contribution in [0.4, 0.5) is 0 Å². The zero-order valence-electron chi connectivity index (χ0n) is 9.98. The van der Waals surface area contributed by atoms with E-state index in [0.717, 1.165) is 15.8 Å². The fraction of sp³-hybridized carbons (Fsp3) is 0.231. The van der Waals surface area contributed by atoms with E-state index >= 15 is 0 Å². The number of aromatic nitrogens is 2. The predicted molar refractivity (Wildman–Crippen MR) is 78.2 cm³/mol. The van der Waals surface area contributed by atoms with Crippen LogP contribution >= 0.6 is 22.6 Å². The molecule has 0 saturated heterocycles. The maximum Gasteiger partial charge on any atom is 0.251 e. The van der Waals surface area contributed by atoms with Gasteiger partial charge in [-0.15, -0.1) is 0 Å². The first-order valence-corrected chi connectivity index (χ1v) is 6.84. The van der Waals surface area contributed by atoms with Crippen LogP contribution in [-0.4, -0.2) is 15.9 Å². The number of aromatic amines is 1. The minimum absolute atomic E-state index is 0.0744. The van der Waals surface area contributed by atoms with Gasteiger partial charge in [0.15, 0.2) is 0 Å². The minimum atomic E-state index is -0.0771. The van der Waals surface area contributed by atoms with Gasteiger partial charge in [0.25, 0.3) is 5.91 Å². The number of benzene rings is 1. The fourth-order valence-electron chi connectivity index (χ4n) is 1.67. The Balaban J connectivity index is 2.08. The Morgan fingerprint density at radius 3 is 2.72 bits per heavy atom. The number of nitrogens with one attached hydrogen (secondary N) is 2. The van der Waals surface area contributed by atoms with Crippen LogP contribution in [0, 0.1) is 3.57 Å². The number of hydrogen-bond donors (Lipinski definition) is 2. The molecule has 0 fully saturated rings. The highest BCUT2D eigenvalue weighted by Gasteiger charge is 2.15. The number of H-pyrrole nitrogens is 1. The Kier molecular flexibility index (Phi) is 4.35. The molecule has 1 amide bonds. The quantitative estimate of drug-likeness (QED) is 0.829. The van der Waals surface area contributed by atoms with Gasteiger partial charge >= 0.3 is 0 Å². The Morgan fingerprint density at radius 2 is 2.17 bits per heavy atom. The maximum atomic E-state index is 12.1. The number of halogens is 1. The van der Waals surface area contributed by atoms with Gasteiger partial charge in [0.2, 0.25) is 0 Å². The SMILES string of the molecule is CCC(NC(=O)c1ccc(I)cc1)c1ncc[nH]1. The number of amides is 1. The van der Waals surface area contributed by atoms with E-state index in [1.54, 1.807) is 12.4 Å². The lowest BCUT2D eigenvalue weighted by Gasteiger charge is -2.14. The number of rotatable bonds is 4. The van der Waals surface area contributed by atoms with Crippen molar-refractivity contribution >= 4 is 28.5 Å². The Hall–Kier alpha value is -1.37. The van der Waals surface area contributed by atoms with Crippen LogP contribution in [0.25, 0.3) is 0 Å². The normalized spacial score (nSPS) is 12.1. The highest BCUT2D eigenvalue weighted by atomic mass is 127. The topological polar surface area (TPSA) is 57.8 Å². The van der Waals surface area contributed by atoms with Gasteiger partial charge in [0.05, 0.1) is 6.04 Å². The molecule has 1 aromatic carbocycles. The summed E-state index contributed by atoms with van der Waals surface area (Å²) in [5.74, 6) is 0.714. The molecular formula is C13H14IN3O. The van der Waals surface area contributed by atoms with Crippen LogP contribution in [0.2, 0.25) is 0 Å². The first-order valence-electron chi connectivity index (χ1n) is 5.76. The molecule has 0 saturated carbocycles. The molecule has 1 heterocycles. The van der Waals surface area contributed by atoms with Gasteiger partial charge in [0.1, 0.15) is 5.82 Å². The van der Waals surface area contributed by atoms with Crippen LogP contribution in [0.15, 0.2) is 36.7 Å². The van der Waals surface area contributed by atoms with Gasteiger partial charge in [-0.25, -0.2) is 4.98 Å². The van der Waals surface area contributed by atoms with E-state index < -0.39 is 0 Å². The first-order chi connectivity index (χ1) is 8.70. The van der Waals surface area contributed by atoms with Crippen molar-refractivity contribution in [3.8, 4) is 0 Å². The molecule has 0 aliphatic carbocycles. The first kappa shape index (κ1) is 13.1. The largest absolute Gasteiger partial charge is 0.347 e. The summed E-state index contributed by atoms with van der Waals surface area (Å²) < 4.78 is 1.11. The third-order valence-electron chi connectivity index (χ3n) is 2.67. The molecule has 0 aliphatic rings. The second-order valence-electron chi connectivity index (χ2n) is 3.92. The number of hydrogen-bond acceptors (Lipinski definition) is 2. The Morgan fingerprint density at radius 1 is 1.44 bits per heavy atom. The molecule has 1 atom stereocenters. The van der Waals surface area contributed by atoms with E-state index in [1.807, 2.05) is 31.2 Å². The summed E-state index contributed by atoms with van der Waals surface area (Å²) in [6, 6.07) is 7.41. The molecule has 94 valence electrons. The van der Waals surface area contributed by atoms with Crippen molar-refractivity contribution in [3.05, 3.63) is 51.6 Å². The molecule has 1 aromatic heterocycles. The molecule has 0 radical (unpaired) electrons. The summed E-state index contributed by atoms with van der Waals surface area (Å²) in [7, 11) is 0. The number of carbonyl (C=O) groups excluding carboxylic acids is 1. The van der Waals surface area contributed by atoms with Gasteiger partial charge in [-0.05, 0) is 53.3 Å². The summed E-state index contributed by atoms with van der Waals surface area (Å²) in [6.07, 6.45) is 4.24. The lowest BCUT2D eigenvalue weighted by molar-refractivity contribution is 0.0934. The van der Waals surface area contributed by atoms with E-state index in [-0.39, 0.29) is 11.9 Å². The molecule has 2 aromatic rings. The van der Waals surface area contributed by atoms with E-state index in [0.29, 0.717) is 5.56 Å². The molecule has 4 nitrogen and oxygen atoms in total. The number of carbonyl (C=O) groups is 1. The number of nitrogens with zero attached hydrogens (tertiary/aromatic N) is 1. The van der Waals surface area contributed by atoms with Crippen molar-refractivity contribution in [1.82, 2.24) is 15.3 Å². The maximum absolute atomic E-state index is 12.1. The Labute approximate surface area is 119 Å². The standard InChI is InChI=1S/C13H14IN3O/c1-2-11(12-15-7-8-16-12)17-13(18)9-3-5-10(14)6-4-9/h3-8,11H,2H2,1H3,(H,15,16)(H,17,18). The fourth-order valence-corrected chi connectivity index (χ4v) is 2.03. The lowest BCUT2D eigenvalue weighted by Crippen LogP contribution is -2.28. The molecule has 0 aliphatic heterocycles. The third kappa shape index (κ3) is 3.10. The van der Waals surface area contributed by atoms with Crippen molar-refractivity contribution in [2.45, 2.75) is 19.4 Å². The van der Waals surface area contributed by atoms with Gasteiger partial charge in [-0.3, -0.25) is 4.79 Å². The van der Waals surface area contributed by atoms with Crippen molar-refractivity contribution in [1.29, 1.82) is 0 Å². The Bertz CT molecular complexity index is 508. The van der Waals surface area contributed by atoms with Crippen LogP contribution in [0.1, 0.15) is 35.6 Å². The molecule has 18 heavy (non-hydrogen) atoms. The van der Waals surface area contributed by atoms with E-state index in [1.165, 1.54) is 0 Å². The second-order valence-corrected chi connectivity index (χ2v) is 5.16. The van der Waals surface area contributed by atoms with Gasteiger partial charge < -0.3 is 10.3 Å². The van der Waals surface area contributed by atoms with E-state index in [9.17, 15) is 4.79 Å². The highest BCUT2D eigenvalue weighted by molar-refractivity contribution is 14.1. The predicted octanol–water partition coefficient (Wildman–Crippen LogP) is 2.90. The summed E-state index contributed by atoms with van der Waals surface area (Å²) in [5, 5.41) is 2.97. The van der Waals surface area contributed by atoms with Crippen LogP contribution in [-0.2, 0) is 0 Å². The van der Waals surface area contributed by atoms with Crippen LogP contribution < -0.4 is 5.32 Å². The molecule has 2 rings (SSSR count). The van der Waals surface area contributed by atoms with Crippen molar-refractivity contribution < 1.29 is 4.79 Å². The molecule has 2 N–H and O–H groups in total. The summed E-state index contributed by atoms with van der Waals surface area (Å²) in [5.41, 5.74) is 0.667.